The molecule has 0 saturated carbocycles. The van der Waals surface area contributed by atoms with Gasteiger partial charge in [-0.05, 0) is 62.7 Å². The lowest BCUT2D eigenvalue weighted by Crippen LogP contribution is -2.57. The molecule has 3 aliphatic heterocycles. The Kier molecular flexibility index (Phi) is 5.80. The highest BCUT2D eigenvalue weighted by Crippen LogP contribution is 2.61. The minimum atomic E-state index is -3.53. The molecule has 36 heavy (non-hydrogen) atoms. The van der Waals surface area contributed by atoms with Crippen LogP contribution in [0.3, 0.4) is 0 Å². The molecular weight excluding hydrogens is 477 g/mol. The van der Waals surface area contributed by atoms with Crippen molar-refractivity contribution in [3.63, 3.8) is 0 Å². The van der Waals surface area contributed by atoms with Crippen LogP contribution in [0.5, 0.6) is 0 Å². The zero-order valence-corrected chi connectivity index (χ0v) is 21.8. The smallest absolute Gasteiger partial charge is 0.256 e. The van der Waals surface area contributed by atoms with E-state index in [-0.39, 0.29) is 0 Å². The zero-order valence-electron chi connectivity index (χ0n) is 20.9. The summed E-state index contributed by atoms with van der Waals surface area (Å²) in [5, 5.41) is 6.38. The molecular formula is C28H32NO6P. The van der Waals surface area contributed by atoms with Crippen LogP contribution < -0.4 is 10.6 Å². The molecule has 3 saturated heterocycles. The molecule has 0 aliphatic carbocycles. The van der Waals surface area contributed by atoms with Crippen molar-refractivity contribution in [2.24, 2.45) is 0 Å². The largest absolute Gasteiger partial charge is 0.371 e. The molecule has 6 rings (SSSR count). The fraction of sp³-hybridized carbons (Fsp3) is 0.429. The second-order valence-electron chi connectivity index (χ2n) is 10.6. The highest BCUT2D eigenvalue weighted by atomic mass is 31.2. The first-order chi connectivity index (χ1) is 17.1. The molecule has 3 fully saturated rings. The highest BCUT2D eigenvalue weighted by Gasteiger charge is 2.62. The Labute approximate surface area is 211 Å². The molecule has 0 spiro atoms. The van der Waals surface area contributed by atoms with Crippen molar-refractivity contribution in [1.29, 1.82) is 0 Å². The summed E-state index contributed by atoms with van der Waals surface area (Å²) < 4.78 is 46.4. The standard InChI is InChI=1S/C28H32NO6P/c1-27(2)31-17-22(32-27)23-24-25(34-28(3,4)33-24)26(36(30,35-23)21-12-6-5-7-13-21)29-20-15-14-18-10-8-9-11-19(18)16-20/h5-16,22-26,29H,17H2,1-4H3/t22-,23-,24+,25+,26-,36?/m1/s1. The van der Waals surface area contributed by atoms with E-state index in [2.05, 4.69) is 29.6 Å². The van der Waals surface area contributed by atoms with Gasteiger partial charge in [0.2, 0.25) is 0 Å². The Morgan fingerprint density at radius 2 is 1.47 bits per heavy atom. The molecule has 1 N–H and O–H groups in total. The van der Waals surface area contributed by atoms with Crippen molar-refractivity contribution in [2.75, 3.05) is 11.9 Å². The monoisotopic (exact) mass is 509 g/mol. The molecule has 0 aromatic heterocycles. The van der Waals surface area contributed by atoms with Gasteiger partial charge in [-0.3, -0.25) is 4.57 Å². The first-order valence-electron chi connectivity index (χ1n) is 12.4. The molecule has 8 heteroatoms. The van der Waals surface area contributed by atoms with E-state index in [0.29, 0.717) is 11.9 Å². The van der Waals surface area contributed by atoms with E-state index < -0.39 is 49.1 Å². The summed E-state index contributed by atoms with van der Waals surface area (Å²) in [4.78, 5) is 0. The molecule has 7 nitrogen and oxygen atoms in total. The lowest BCUT2D eigenvalue weighted by molar-refractivity contribution is -0.174. The topological polar surface area (TPSA) is 75.2 Å². The van der Waals surface area contributed by atoms with Crippen LogP contribution in [0.1, 0.15) is 27.7 Å². The molecule has 3 aliphatic rings. The summed E-state index contributed by atoms with van der Waals surface area (Å²) in [6.07, 6.45) is -2.10. The van der Waals surface area contributed by atoms with Gasteiger partial charge in [0.05, 0.1) is 6.61 Å². The van der Waals surface area contributed by atoms with Crippen molar-refractivity contribution < 1.29 is 28.0 Å². The van der Waals surface area contributed by atoms with Gasteiger partial charge in [-0.25, -0.2) is 0 Å². The van der Waals surface area contributed by atoms with Gasteiger partial charge in [0.25, 0.3) is 7.37 Å². The number of hydrogen-bond donors (Lipinski definition) is 1. The number of ether oxygens (including phenoxy) is 4. The molecule has 190 valence electrons. The van der Waals surface area contributed by atoms with E-state index in [1.807, 2.05) is 76.2 Å². The maximum absolute atomic E-state index is 15.0. The van der Waals surface area contributed by atoms with Gasteiger partial charge in [-0.1, -0.05) is 48.5 Å². The van der Waals surface area contributed by atoms with Gasteiger partial charge in [0.1, 0.15) is 30.2 Å². The van der Waals surface area contributed by atoms with Gasteiger partial charge in [-0.15, -0.1) is 0 Å². The van der Waals surface area contributed by atoms with Crippen LogP contribution in [-0.2, 0) is 28.0 Å². The molecule has 0 amide bonds. The predicted molar refractivity (Wildman–Crippen MR) is 139 cm³/mol. The van der Waals surface area contributed by atoms with E-state index in [1.165, 1.54) is 0 Å². The van der Waals surface area contributed by atoms with Crippen molar-refractivity contribution >= 4 is 29.1 Å². The van der Waals surface area contributed by atoms with E-state index >= 15 is 0 Å². The average Bonchev–Trinajstić information content (AvgIpc) is 3.39. The summed E-state index contributed by atoms with van der Waals surface area (Å²) in [6.45, 7) is 7.80. The molecule has 0 radical (unpaired) electrons. The Hall–Kier alpha value is -2.25. The Morgan fingerprint density at radius 1 is 0.778 bits per heavy atom. The second-order valence-corrected chi connectivity index (χ2v) is 13.1. The summed E-state index contributed by atoms with van der Waals surface area (Å²) in [6, 6.07) is 23.6. The van der Waals surface area contributed by atoms with Gasteiger partial charge in [0.15, 0.2) is 11.6 Å². The second kappa shape index (κ2) is 8.66. The fourth-order valence-electron chi connectivity index (χ4n) is 5.45. The van der Waals surface area contributed by atoms with Gasteiger partial charge < -0.3 is 28.8 Å². The predicted octanol–water partition coefficient (Wildman–Crippen LogP) is 5.25. The lowest BCUT2D eigenvalue weighted by Gasteiger charge is -2.44. The Morgan fingerprint density at radius 3 is 2.19 bits per heavy atom. The number of hydrogen-bond acceptors (Lipinski definition) is 7. The summed E-state index contributed by atoms with van der Waals surface area (Å²) in [5.74, 6) is -2.30. The summed E-state index contributed by atoms with van der Waals surface area (Å²) >= 11 is 0. The van der Waals surface area contributed by atoms with Crippen LogP contribution >= 0.6 is 7.37 Å². The summed E-state index contributed by atoms with van der Waals surface area (Å²) in [7, 11) is -3.53. The number of nitrogens with one attached hydrogen (secondary N) is 1. The maximum atomic E-state index is 15.0. The van der Waals surface area contributed by atoms with Gasteiger partial charge >= 0.3 is 0 Å². The van der Waals surface area contributed by atoms with E-state index in [0.717, 1.165) is 16.5 Å². The van der Waals surface area contributed by atoms with Gasteiger partial charge in [-0.2, -0.15) is 0 Å². The van der Waals surface area contributed by atoms with Crippen LogP contribution in [0.25, 0.3) is 10.8 Å². The van der Waals surface area contributed by atoms with Crippen LogP contribution in [0, 0.1) is 0 Å². The van der Waals surface area contributed by atoms with E-state index in [1.54, 1.807) is 0 Å². The third-order valence-electron chi connectivity index (χ3n) is 7.02. The van der Waals surface area contributed by atoms with Crippen molar-refractivity contribution in [3.8, 4) is 0 Å². The first-order valence-corrected chi connectivity index (χ1v) is 14.1. The van der Waals surface area contributed by atoms with Crippen molar-refractivity contribution in [3.05, 3.63) is 72.8 Å². The third-order valence-corrected chi connectivity index (χ3v) is 9.75. The molecule has 3 aromatic rings. The SMILES string of the molecule is CC1(C)O[C@H]2[C@@H]([C@H]3COC(C)(C)O3)OP(=O)(c3ccccc3)[C@@H](Nc3ccc4ccccc4c3)[C@H]2O1. The number of rotatable bonds is 4. The van der Waals surface area contributed by atoms with Crippen LogP contribution in [0.2, 0.25) is 0 Å². The first kappa shape index (κ1) is 24.1. The van der Waals surface area contributed by atoms with Crippen LogP contribution in [0.4, 0.5) is 5.69 Å². The van der Waals surface area contributed by atoms with Crippen LogP contribution in [0.15, 0.2) is 72.8 Å². The quantitative estimate of drug-likeness (QED) is 0.482. The zero-order chi connectivity index (χ0) is 25.1. The minimum Gasteiger partial charge on any atom is -0.371 e. The summed E-state index contributed by atoms with van der Waals surface area (Å²) in [5.41, 5.74) is 0.838. The number of anilines is 1. The molecule has 0 bridgehead atoms. The third kappa shape index (κ3) is 4.28. The van der Waals surface area contributed by atoms with Crippen LogP contribution in [-0.4, -0.2) is 48.4 Å². The van der Waals surface area contributed by atoms with E-state index in [4.69, 9.17) is 23.5 Å². The highest BCUT2D eigenvalue weighted by molar-refractivity contribution is 7.68. The van der Waals surface area contributed by atoms with Gasteiger partial charge in [0, 0.05) is 11.0 Å². The van der Waals surface area contributed by atoms with Crippen molar-refractivity contribution in [1.82, 2.24) is 0 Å². The van der Waals surface area contributed by atoms with Crippen molar-refractivity contribution in [2.45, 2.75) is 69.5 Å². The maximum Gasteiger partial charge on any atom is 0.256 e. The number of benzene rings is 3. The number of fused-ring (bicyclic) bond motifs is 2. The molecule has 3 aromatic carbocycles. The molecule has 6 atom stereocenters. The normalized spacial score (nSPS) is 34.9. The lowest BCUT2D eigenvalue weighted by atomic mass is 10.0. The molecule has 3 heterocycles. The average molecular weight is 510 g/mol. The minimum absolute atomic E-state index is 0.322. The Balaban J connectivity index is 1.43. The van der Waals surface area contributed by atoms with E-state index in [9.17, 15) is 4.57 Å². The molecule has 1 unspecified atom stereocenters. The Bertz CT molecular complexity index is 1310. The fourth-order valence-corrected chi connectivity index (χ4v) is 8.16.